The number of carbonyl (C=O) groups is 1. The molecule has 2 N–H and O–H groups in total. The molecule has 26 heavy (non-hydrogen) atoms. The predicted octanol–water partition coefficient (Wildman–Crippen LogP) is 2.40. The van der Waals surface area contributed by atoms with Gasteiger partial charge in [0, 0.05) is 6.20 Å². The molecule has 0 bridgehead atoms. The lowest BCUT2D eigenvalue weighted by molar-refractivity contribution is -0.123. The molecule has 2 aromatic rings. The van der Waals surface area contributed by atoms with Gasteiger partial charge in [-0.3, -0.25) is 9.78 Å². The van der Waals surface area contributed by atoms with Crippen molar-refractivity contribution in [1.29, 1.82) is 0 Å². The van der Waals surface area contributed by atoms with E-state index >= 15 is 0 Å². The Balaban J connectivity index is 2.10. The second-order valence-electron chi connectivity index (χ2n) is 6.66. The molecule has 1 heterocycles. The van der Waals surface area contributed by atoms with Crippen LogP contribution in [0.1, 0.15) is 31.5 Å². The monoisotopic (exact) mass is 375 g/mol. The molecular formula is C19H25N3O3S. The van der Waals surface area contributed by atoms with Crippen LogP contribution in [0, 0.1) is 12.8 Å². The van der Waals surface area contributed by atoms with E-state index in [1.807, 2.05) is 26.8 Å². The molecular weight excluding hydrogens is 350 g/mol. The molecule has 0 aliphatic carbocycles. The highest BCUT2D eigenvalue weighted by atomic mass is 32.2. The molecule has 0 spiro atoms. The van der Waals surface area contributed by atoms with Gasteiger partial charge in [-0.05, 0) is 43.5 Å². The Labute approximate surface area is 155 Å². The highest BCUT2D eigenvalue weighted by molar-refractivity contribution is 7.89. The summed E-state index contributed by atoms with van der Waals surface area (Å²) in [7, 11) is -3.78. The number of nitrogens with one attached hydrogen (secondary N) is 2. The highest BCUT2D eigenvalue weighted by Gasteiger charge is 2.26. The number of hydrogen-bond donors (Lipinski definition) is 2. The van der Waals surface area contributed by atoms with Crippen LogP contribution in [-0.4, -0.2) is 25.4 Å². The Morgan fingerprint density at radius 1 is 1.12 bits per heavy atom. The summed E-state index contributed by atoms with van der Waals surface area (Å²) in [5, 5.41) is 2.76. The third-order valence-corrected chi connectivity index (χ3v) is 5.31. The standard InChI is InChI=1S/C19H25N3O3S/c1-14(2)12-18(19(23)21-13-16-6-4-5-11-20-16)22-26(24,25)17-9-7-15(3)8-10-17/h4-11,14,18,22H,12-13H2,1-3H3,(H,21,23). The molecule has 1 unspecified atom stereocenters. The van der Waals surface area contributed by atoms with E-state index in [1.165, 1.54) is 12.1 Å². The Morgan fingerprint density at radius 2 is 1.81 bits per heavy atom. The molecule has 1 aromatic carbocycles. The SMILES string of the molecule is Cc1ccc(S(=O)(=O)NC(CC(C)C)C(=O)NCc2ccccn2)cc1. The minimum absolute atomic E-state index is 0.148. The molecule has 1 atom stereocenters. The number of carbonyl (C=O) groups excluding carboxylic acids is 1. The van der Waals surface area contributed by atoms with Crippen LogP contribution in [0.5, 0.6) is 0 Å². The van der Waals surface area contributed by atoms with Crippen LogP contribution in [0.3, 0.4) is 0 Å². The zero-order chi connectivity index (χ0) is 19.2. The summed E-state index contributed by atoms with van der Waals surface area (Å²) >= 11 is 0. The average molecular weight is 375 g/mol. The first-order chi connectivity index (χ1) is 12.3. The Bertz CT molecular complexity index is 819. The maximum atomic E-state index is 12.6. The van der Waals surface area contributed by atoms with E-state index in [9.17, 15) is 13.2 Å². The van der Waals surface area contributed by atoms with E-state index in [0.29, 0.717) is 12.1 Å². The van der Waals surface area contributed by atoms with Gasteiger partial charge >= 0.3 is 0 Å². The number of sulfonamides is 1. The topological polar surface area (TPSA) is 88.2 Å². The molecule has 0 saturated heterocycles. The van der Waals surface area contributed by atoms with Crippen molar-refractivity contribution in [3.63, 3.8) is 0 Å². The van der Waals surface area contributed by atoms with Gasteiger partial charge in [0.05, 0.1) is 17.1 Å². The third kappa shape index (κ3) is 5.93. The van der Waals surface area contributed by atoms with Crippen molar-refractivity contribution in [3.8, 4) is 0 Å². The minimum Gasteiger partial charge on any atom is -0.349 e. The van der Waals surface area contributed by atoms with Gasteiger partial charge in [-0.1, -0.05) is 37.6 Å². The van der Waals surface area contributed by atoms with Crippen molar-refractivity contribution in [2.24, 2.45) is 5.92 Å². The van der Waals surface area contributed by atoms with Gasteiger partial charge in [0.25, 0.3) is 0 Å². The predicted molar refractivity (Wildman–Crippen MR) is 101 cm³/mol. The molecule has 0 fully saturated rings. The van der Waals surface area contributed by atoms with E-state index < -0.39 is 16.1 Å². The first kappa shape index (κ1) is 20.1. The van der Waals surface area contributed by atoms with Crippen LogP contribution in [0.25, 0.3) is 0 Å². The summed E-state index contributed by atoms with van der Waals surface area (Å²) in [6, 6.07) is 11.1. The second kappa shape index (κ2) is 8.91. The van der Waals surface area contributed by atoms with Crippen molar-refractivity contribution in [1.82, 2.24) is 15.0 Å². The van der Waals surface area contributed by atoms with E-state index in [2.05, 4.69) is 15.0 Å². The number of amides is 1. The number of aryl methyl sites for hydroxylation is 1. The van der Waals surface area contributed by atoms with Crippen LogP contribution in [0.2, 0.25) is 0 Å². The molecule has 1 amide bonds. The van der Waals surface area contributed by atoms with E-state index in [-0.39, 0.29) is 23.3 Å². The van der Waals surface area contributed by atoms with Gasteiger partial charge < -0.3 is 5.32 Å². The molecule has 140 valence electrons. The highest BCUT2D eigenvalue weighted by Crippen LogP contribution is 2.13. The average Bonchev–Trinajstić information content (AvgIpc) is 2.60. The molecule has 1 aromatic heterocycles. The van der Waals surface area contributed by atoms with Crippen molar-refractivity contribution in [2.45, 2.75) is 44.7 Å². The van der Waals surface area contributed by atoms with Crippen molar-refractivity contribution >= 4 is 15.9 Å². The smallest absolute Gasteiger partial charge is 0.241 e. The van der Waals surface area contributed by atoms with Gasteiger partial charge in [-0.2, -0.15) is 4.72 Å². The lowest BCUT2D eigenvalue weighted by Crippen LogP contribution is -2.47. The van der Waals surface area contributed by atoms with Gasteiger partial charge in [0.2, 0.25) is 15.9 Å². The molecule has 2 rings (SSSR count). The first-order valence-electron chi connectivity index (χ1n) is 8.54. The molecule has 7 heteroatoms. The van der Waals surface area contributed by atoms with Crippen molar-refractivity contribution in [2.75, 3.05) is 0 Å². The fourth-order valence-electron chi connectivity index (χ4n) is 2.46. The number of rotatable bonds is 8. The zero-order valence-electron chi connectivity index (χ0n) is 15.3. The summed E-state index contributed by atoms with van der Waals surface area (Å²) in [6.07, 6.45) is 2.05. The normalized spacial score (nSPS) is 12.8. The second-order valence-corrected chi connectivity index (χ2v) is 8.37. The fraction of sp³-hybridized carbons (Fsp3) is 0.368. The van der Waals surface area contributed by atoms with Crippen molar-refractivity contribution in [3.05, 3.63) is 59.9 Å². The largest absolute Gasteiger partial charge is 0.349 e. The first-order valence-corrected chi connectivity index (χ1v) is 10.0. The third-order valence-electron chi connectivity index (χ3n) is 3.82. The summed E-state index contributed by atoms with van der Waals surface area (Å²) in [5.41, 5.74) is 1.68. The number of benzene rings is 1. The Hall–Kier alpha value is -2.25. The lowest BCUT2D eigenvalue weighted by Gasteiger charge is -2.20. The quantitative estimate of drug-likeness (QED) is 0.742. The van der Waals surface area contributed by atoms with Gasteiger partial charge in [0.1, 0.15) is 6.04 Å². The van der Waals surface area contributed by atoms with Crippen LogP contribution < -0.4 is 10.0 Å². The van der Waals surface area contributed by atoms with Gasteiger partial charge in [-0.25, -0.2) is 8.42 Å². The summed E-state index contributed by atoms with van der Waals surface area (Å²) in [6.45, 7) is 6.02. The summed E-state index contributed by atoms with van der Waals surface area (Å²) in [4.78, 5) is 16.8. The van der Waals surface area contributed by atoms with E-state index in [1.54, 1.807) is 30.5 Å². The number of pyridine rings is 1. The van der Waals surface area contributed by atoms with Gasteiger partial charge in [-0.15, -0.1) is 0 Å². The number of hydrogen-bond acceptors (Lipinski definition) is 4. The molecule has 6 nitrogen and oxygen atoms in total. The molecule has 0 saturated carbocycles. The van der Waals surface area contributed by atoms with Crippen LogP contribution >= 0.6 is 0 Å². The fourth-order valence-corrected chi connectivity index (χ4v) is 3.66. The van der Waals surface area contributed by atoms with Gasteiger partial charge in [0.15, 0.2) is 0 Å². The zero-order valence-corrected chi connectivity index (χ0v) is 16.1. The minimum atomic E-state index is -3.78. The number of nitrogens with zero attached hydrogens (tertiary/aromatic N) is 1. The van der Waals surface area contributed by atoms with E-state index in [4.69, 9.17) is 0 Å². The van der Waals surface area contributed by atoms with Crippen LogP contribution in [0.15, 0.2) is 53.6 Å². The maximum Gasteiger partial charge on any atom is 0.241 e. The Kier molecular flexibility index (Phi) is 6.88. The van der Waals surface area contributed by atoms with Crippen LogP contribution in [-0.2, 0) is 21.4 Å². The van der Waals surface area contributed by atoms with E-state index in [0.717, 1.165) is 5.56 Å². The number of aromatic nitrogens is 1. The molecule has 0 radical (unpaired) electrons. The lowest BCUT2D eigenvalue weighted by atomic mass is 10.0. The molecule has 0 aliphatic rings. The van der Waals surface area contributed by atoms with Crippen molar-refractivity contribution < 1.29 is 13.2 Å². The Morgan fingerprint density at radius 3 is 2.38 bits per heavy atom. The summed E-state index contributed by atoms with van der Waals surface area (Å²) in [5.74, 6) is -0.207. The maximum absolute atomic E-state index is 12.6. The summed E-state index contributed by atoms with van der Waals surface area (Å²) < 4.78 is 27.8. The van der Waals surface area contributed by atoms with Crippen LogP contribution in [0.4, 0.5) is 0 Å². The molecule has 0 aliphatic heterocycles.